The highest BCUT2D eigenvalue weighted by molar-refractivity contribution is 7.15. The molecule has 0 aliphatic carbocycles. The Morgan fingerprint density at radius 3 is 2.62 bits per heavy atom. The number of alkyl halides is 3. The molecule has 0 saturated heterocycles. The standard InChI is InChI=1S/C16H14F3N3OS/c1-21(9-11-2-4-12(5-3-11)16(17,18)19)14(23)8-13-10-22-6-7-24-15(22)20-13/h2-7,10H,8-9H2,1H3. The molecule has 2 aromatic heterocycles. The number of benzene rings is 1. The fourth-order valence-electron chi connectivity index (χ4n) is 2.31. The summed E-state index contributed by atoms with van der Waals surface area (Å²) < 4.78 is 39.5. The molecule has 1 amide bonds. The second-order valence-electron chi connectivity index (χ2n) is 5.45. The van der Waals surface area contributed by atoms with E-state index in [1.165, 1.54) is 28.4 Å². The van der Waals surface area contributed by atoms with Crippen LogP contribution in [0.25, 0.3) is 4.96 Å². The lowest BCUT2D eigenvalue weighted by Crippen LogP contribution is -2.27. The van der Waals surface area contributed by atoms with E-state index in [0.717, 1.165) is 17.1 Å². The average Bonchev–Trinajstić information content (AvgIpc) is 3.08. The zero-order valence-corrected chi connectivity index (χ0v) is 13.6. The Bertz CT molecular complexity index is 823. The quantitative estimate of drug-likeness (QED) is 0.719. The van der Waals surface area contributed by atoms with Crippen molar-refractivity contribution >= 4 is 22.2 Å². The molecular formula is C16H14F3N3OS. The summed E-state index contributed by atoms with van der Waals surface area (Å²) in [7, 11) is 1.62. The van der Waals surface area contributed by atoms with Gasteiger partial charge in [0, 0.05) is 31.4 Å². The Morgan fingerprint density at radius 2 is 2.00 bits per heavy atom. The monoisotopic (exact) mass is 353 g/mol. The van der Waals surface area contributed by atoms with Crippen LogP contribution in [0.1, 0.15) is 16.8 Å². The van der Waals surface area contributed by atoms with Crippen LogP contribution in [0.15, 0.2) is 42.0 Å². The first-order valence-electron chi connectivity index (χ1n) is 7.14. The summed E-state index contributed by atoms with van der Waals surface area (Å²) in [6.45, 7) is 0.249. The molecular weight excluding hydrogens is 339 g/mol. The van der Waals surface area contributed by atoms with Gasteiger partial charge in [0.05, 0.1) is 17.7 Å². The van der Waals surface area contributed by atoms with Crippen LogP contribution < -0.4 is 0 Å². The van der Waals surface area contributed by atoms with Crippen molar-refractivity contribution < 1.29 is 18.0 Å². The fourth-order valence-corrected chi connectivity index (χ4v) is 3.03. The first-order valence-corrected chi connectivity index (χ1v) is 8.02. The van der Waals surface area contributed by atoms with Gasteiger partial charge >= 0.3 is 6.18 Å². The summed E-state index contributed by atoms with van der Waals surface area (Å²) in [5.74, 6) is -0.138. The second kappa shape index (κ2) is 6.27. The number of fused-ring (bicyclic) bond motifs is 1. The van der Waals surface area contributed by atoms with Gasteiger partial charge in [0.2, 0.25) is 5.91 Å². The van der Waals surface area contributed by atoms with Crippen molar-refractivity contribution in [3.8, 4) is 0 Å². The van der Waals surface area contributed by atoms with Gasteiger partial charge in [-0.1, -0.05) is 12.1 Å². The number of aromatic nitrogens is 2. The van der Waals surface area contributed by atoms with Gasteiger partial charge in [-0.05, 0) is 17.7 Å². The number of carbonyl (C=O) groups excluding carboxylic acids is 1. The lowest BCUT2D eigenvalue weighted by Gasteiger charge is -2.17. The number of imidazole rings is 1. The van der Waals surface area contributed by atoms with Crippen molar-refractivity contribution in [2.75, 3.05) is 7.05 Å². The summed E-state index contributed by atoms with van der Waals surface area (Å²) in [6, 6.07) is 4.83. The number of carbonyl (C=O) groups is 1. The minimum absolute atomic E-state index is 0.138. The van der Waals surface area contributed by atoms with Crippen LogP contribution in [0.5, 0.6) is 0 Å². The molecule has 3 aromatic rings. The van der Waals surface area contributed by atoms with Gasteiger partial charge in [0.1, 0.15) is 0 Å². The Morgan fingerprint density at radius 1 is 1.29 bits per heavy atom. The van der Waals surface area contributed by atoms with Crippen molar-refractivity contribution in [1.29, 1.82) is 0 Å². The minimum Gasteiger partial charge on any atom is -0.341 e. The zero-order valence-electron chi connectivity index (χ0n) is 12.7. The topological polar surface area (TPSA) is 37.6 Å². The first kappa shape index (κ1) is 16.5. The molecule has 0 atom stereocenters. The molecule has 0 spiro atoms. The zero-order chi connectivity index (χ0) is 17.3. The smallest absolute Gasteiger partial charge is 0.341 e. The SMILES string of the molecule is CN(Cc1ccc(C(F)(F)F)cc1)C(=O)Cc1cn2ccsc2n1. The van der Waals surface area contributed by atoms with Crippen LogP contribution in [-0.4, -0.2) is 27.2 Å². The molecule has 3 rings (SSSR count). The number of likely N-dealkylation sites (N-methyl/N-ethyl adjacent to an activating group) is 1. The van der Waals surface area contributed by atoms with Crippen molar-refractivity contribution in [2.45, 2.75) is 19.1 Å². The normalized spacial score (nSPS) is 11.8. The van der Waals surface area contributed by atoms with Crippen molar-refractivity contribution in [3.05, 3.63) is 58.9 Å². The predicted octanol–water partition coefficient (Wildman–Crippen LogP) is 3.62. The molecule has 1 aromatic carbocycles. The lowest BCUT2D eigenvalue weighted by atomic mass is 10.1. The third-order valence-electron chi connectivity index (χ3n) is 3.60. The molecule has 0 unspecified atom stereocenters. The molecule has 0 N–H and O–H groups in total. The van der Waals surface area contributed by atoms with E-state index >= 15 is 0 Å². The molecule has 0 saturated carbocycles. The van der Waals surface area contributed by atoms with Gasteiger partial charge < -0.3 is 4.90 Å². The van der Waals surface area contributed by atoms with Gasteiger partial charge in [-0.25, -0.2) is 4.98 Å². The summed E-state index contributed by atoms with van der Waals surface area (Å²) >= 11 is 1.48. The molecule has 0 bridgehead atoms. The molecule has 0 aliphatic rings. The summed E-state index contributed by atoms with van der Waals surface area (Å²) in [4.78, 5) is 18.9. The third kappa shape index (κ3) is 3.59. The molecule has 0 aliphatic heterocycles. The highest BCUT2D eigenvalue weighted by atomic mass is 32.1. The number of hydrogen-bond acceptors (Lipinski definition) is 3. The van der Waals surface area contributed by atoms with Crippen LogP contribution >= 0.6 is 11.3 Å². The van der Waals surface area contributed by atoms with Crippen molar-refractivity contribution in [2.24, 2.45) is 0 Å². The van der Waals surface area contributed by atoms with E-state index in [-0.39, 0.29) is 18.9 Å². The van der Waals surface area contributed by atoms with E-state index in [4.69, 9.17) is 0 Å². The molecule has 126 valence electrons. The van der Waals surface area contributed by atoms with Gasteiger partial charge in [-0.3, -0.25) is 9.20 Å². The number of rotatable bonds is 4. The fraction of sp³-hybridized carbons (Fsp3) is 0.250. The molecule has 2 heterocycles. The Hall–Kier alpha value is -2.35. The molecule has 24 heavy (non-hydrogen) atoms. The highest BCUT2D eigenvalue weighted by Crippen LogP contribution is 2.29. The van der Waals surface area contributed by atoms with E-state index in [2.05, 4.69) is 4.98 Å². The number of amides is 1. The second-order valence-corrected chi connectivity index (χ2v) is 6.32. The number of nitrogens with zero attached hydrogens (tertiary/aromatic N) is 3. The minimum atomic E-state index is -4.35. The first-order chi connectivity index (χ1) is 11.3. The highest BCUT2D eigenvalue weighted by Gasteiger charge is 2.30. The van der Waals surface area contributed by atoms with Crippen LogP contribution in [0.2, 0.25) is 0 Å². The molecule has 0 fully saturated rings. The van der Waals surface area contributed by atoms with Gasteiger partial charge in [-0.15, -0.1) is 11.3 Å². The predicted molar refractivity (Wildman–Crippen MR) is 84.7 cm³/mol. The Labute approximate surface area is 140 Å². The number of hydrogen-bond donors (Lipinski definition) is 0. The summed E-state index contributed by atoms with van der Waals surface area (Å²) in [5.41, 5.74) is 0.620. The molecule has 0 radical (unpaired) electrons. The average molecular weight is 353 g/mol. The molecule has 8 heteroatoms. The third-order valence-corrected chi connectivity index (χ3v) is 4.37. The number of thiazole rings is 1. The van der Waals surface area contributed by atoms with Crippen LogP contribution in [-0.2, 0) is 23.9 Å². The van der Waals surface area contributed by atoms with E-state index in [0.29, 0.717) is 11.3 Å². The Balaban J connectivity index is 1.62. The largest absolute Gasteiger partial charge is 0.416 e. The van der Waals surface area contributed by atoms with Crippen LogP contribution in [0.4, 0.5) is 13.2 Å². The summed E-state index contributed by atoms with van der Waals surface area (Å²) in [5, 5.41) is 1.91. The van der Waals surface area contributed by atoms with Gasteiger partial charge in [0.15, 0.2) is 4.96 Å². The maximum absolute atomic E-state index is 12.5. The maximum Gasteiger partial charge on any atom is 0.416 e. The lowest BCUT2D eigenvalue weighted by molar-refractivity contribution is -0.137. The van der Waals surface area contributed by atoms with Gasteiger partial charge in [-0.2, -0.15) is 13.2 Å². The van der Waals surface area contributed by atoms with Gasteiger partial charge in [0.25, 0.3) is 0 Å². The maximum atomic E-state index is 12.5. The van der Waals surface area contributed by atoms with E-state index in [1.807, 2.05) is 16.0 Å². The van der Waals surface area contributed by atoms with Crippen LogP contribution in [0.3, 0.4) is 0 Å². The van der Waals surface area contributed by atoms with E-state index < -0.39 is 11.7 Å². The van der Waals surface area contributed by atoms with Crippen molar-refractivity contribution in [3.63, 3.8) is 0 Å². The van der Waals surface area contributed by atoms with Crippen molar-refractivity contribution in [1.82, 2.24) is 14.3 Å². The van der Waals surface area contributed by atoms with E-state index in [1.54, 1.807) is 13.2 Å². The van der Waals surface area contributed by atoms with E-state index in [9.17, 15) is 18.0 Å². The summed E-state index contributed by atoms with van der Waals surface area (Å²) in [6.07, 6.45) is -0.525. The Kier molecular flexibility index (Phi) is 4.31. The molecule has 4 nitrogen and oxygen atoms in total. The number of halogens is 3. The van der Waals surface area contributed by atoms with Crippen LogP contribution in [0, 0.1) is 0 Å².